The highest BCUT2D eigenvalue weighted by Crippen LogP contribution is 2.19. The van der Waals surface area contributed by atoms with Crippen LogP contribution in [-0.2, 0) is 7.05 Å². The molecule has 6 heteroatoms. The Morgan fingerprint density at radius 1 is 1.50 bits per heavy atom. The van der Waals surface area contributed by atoms with Gasteiger partial charge >= 0.3 is 0 Å². The quantitative estimate of drug-likeness (QED) is 0.846. The van der Waals surface area contributed by atoms with Crippen molar-refractivity contribution in [3.63, 3.8) is 0 Å². The summed E-state index contributed by atoms with van der Waals surface area (Å²) in [5.41, 5.74) is -0.130. The normalized spacial score (nSPS) is 11.7. The summed E-state index contributed by atoms with van der Waals surface area (Å²) >= 11 is 3.32. The fourth-order valence-corrected chi connectivity index (χ4v) is 2.25. The number of aryl methyl sites for hydroxylation is 1. The molecule has 0 aromatic carbocycles. The maximum atomic E-state index is 12.2. The van der Waals surface area contributed by atoms with E-state index in [1.165, 1.54) is 4.90 Å². The van der Waals surface area contributed by atoms with E-state index in [0.29, 0.717) is 12.2 Å². The van der Waals surface area contributed by atoms with Gasteiger partial charge in [-0.15, -0.1) is 0 Å². The molecule has 0 radical (unpaired) electrons. The van der Waals surface area contributed by atoms with Gasteiger partial charge in [0.05, 0.1) is 13.2 Å². The van der Waals surface area contributed by atoms with E-state index < -0.39 is 5.41 Å². The summed E-state index contributed by atoms with van der Waals surface area (Å²) in [6.45, 7) is 1.69. The van der Waals surface area contributed by atoms with Crippen LogP contribution in [0, 0.1) is 5.41 Å². The van der Waals surface area contributed by atoms with E-state index in [1.807, 2.05) is 0 Å². The summed E-state index contributed by atoms with van der Waals surface area (Å²) in [4.78, 5) is 13.7. The molecule has 1 aromatic rings. The Bertz CT molecular complexity index is 427. The number of aliphatic hydroxyl groups is 2. The van der Waals surface area contributed by atoms with Crippen molar-refractivity contribution in [3.05, 3.63) is 22.4 Å². The maximum Gasteiger partial charge on any atom is 0.270 e. The first-order valence-corrected chi connectivity index (χ1v) is 6.41. The molecule has 0 atom stereocenters. The highest BCUT2D eigenvalue weighted by Gasteiger charge is 2.27. The minimum absolute atomic E-state index is 0.142. The van der Waals surface area contributed by atoms with Crippen LogP contribution in [0.15, 0.2) is 16.7 Å². The van der Waals surface area contributed by atoms with Gasteiger partial charge in [0.1, 0.15) is 5.69 Å². The molecule has 1 rings (SSSR count). The first kappa shape index (κ1) is 15.2. The second kappa shape index (κ2) is 5.86. The first-order valence-electron chi connectivity index (χ1n) is 5.62. The Balaban J connectivity index is 2.82. The number of hydrogen-bond donors (Lipinski definition) is 2. The van der Waals surface area contributed by atoms with Crippen LogP contribution in [-0.4, -0.2) is 52.4 Å². The van der Waals surface area contributed by atoms with Crippen molar-refractivity contribution < 1.29 is 15.0 Å². The number of amides is 1. The Hall–Kier alpha value is -0.850. The highest BCUT2D eigenvalue weighted by molar-refractivity contribution is 9.10. The maximum absolute atomic E-state index is 12.2. The van der Waals surface area contributed by atoms with Gasteiger partial charge in [-0.05, 0) is 22.0 Å². The van der Waals surface area contributed by atoms with Gasteiger partial charge in [0.2, 0.25) is 0 Å². The third kappa shape index (κ3) is 3.34. The molecule has 18 heavy (non-hydrogen) atoms. The summed E-state index contributed by atoms with van der Waals surface area (Å²) < 4.78 is 2.58. The van der Waals surface area contributed by atoms with E-state index in [0.717, 1.165) is 4.47 Å². The number of aliphatic hydroxyl groups excluding tert-OH is 2. The molecule has 5 nitrogen and oxygen atoms in total. The largest absolute Gasteiger partial charge is 0.396 e. The van der Waals surface area contributed by atoms with Crippen LogP contribution in [0.5, 0.6) is 0 Å². The molecule has 0 saturated carbocycles. The second-order valence-electron chi connectivity index (χ2n) is 4.94. The number of nitrogens with zero attached hydrogens (tertiary/aromatic N) is 2. The molecular formula is C12H19BrN2O3. The van der Waals surface area contributed by atoms with Crippen LogP contribution in [0.3, 0.4) is 0 Å². The average Bonchev–Trinajstić information content (AvgIpc) is 2.67. The van der Waals surface area contributed by atoms with E-state index in [-0.39, 0.29) is 19.1 Å². The van der Waals surface area contributed by atoms with Gasteiger partial charge in [-0.2, -0.15) is 0 Å². The fourth-order valence-electron chi connectivity index (χ4n) is 1.73. The third-order valence-electron chi connectivity index (χ3n) is 2.92. The lowest BCUT2D eigenvalue weighted by Crippen LogP contribution is -2.42. The molecule has 1 amide bonds. The van der Waals surface area contributed by atoms with Crippen molar-refractivity contribution in [2.24, 2.45) is 12.5 Å². The lowest BCUT2D eigenvalue weighted by Gasteiger charge is -2.30. The van der Waals surface area contributed by atoms with Crippen LogP contribution in [0.4, 0.5) is 0 Å². The topological polar surface area (TPSA) is 65.7 Å². The number of halogens is 1. The molecule has 2 N–H and O–H groups in total. The lowest BCUT2D eigenvalue weighted by molar-refractivity contribution is 0.0362. The zero-order valence-corrected chi connectivity index (χ0v) is 12.4. The van der Waals surface area contributed by atoms with Gasteiger partial charge in [0, 0.05) is 36.7 Å². The first-order chi connectivity index (χ1) is 8.33. The summed E-state index contributed by atoms with van der Waals surface area (Å²) in [5, 5.41) is 18.5. The highest BCUT2D eigenvalue weighted by atomic mass is 79.9. The van der Waals surface area contributed by atoms with Gasteiger partial charge in [0.15, 0.2) is 0 Å². The van der Waals surface area contributed by atoms with E-state index in [1.54, 1.807) is 37.8 Å². The molecule has 1 aromatic heterocycles. The number of hydrogen-bond acceptors (Lipinski definition) is 3. The Morgan fingerprint density at radius 2 is 2.06 bits per heavy atom. The predicted octanol–water partition coefficient (Wildman–Crippen LogP) is 0.850. The van der Waals surface area contributed by atoms with Crippen molar-refractivity contribution in [1.29, 1.82) is 0 Å². The van der Waals surface area contributed by atoms with Crippen LogP contribution in [0.2, 0.25) is 0 Å². The van der Waals surface area contributed by atoms with E-state index >= 15 is 0 Å². The van der Waals surface area contributed by atoms with Gasteiger partial charge < -0.3 is 19.7 Å². The summed E-state index contributed by atoms with van der Waals surface area (Å²) in [7, 11) is 3.45. The van der Waals surface area contributed by atoms with Gasteiger partial charge in [-0.1, -0.05) is 6.92 Å². The predicted molar refractivity (Wildman–Crippen MR) is 72.4 cm³/mol. The standard InChI is InChI=1S/C12H19BrN2O3/c1-12(7-16,8-17)6-15(3)11(18)10-4-9(13)5-14(10)2/h4-5,16-17H,6-8H2,1-3H3. The minimum atomic E-state index is -0.688. The van der Waals surface area contributed by atoms with Gasteiger partial charge in [-0.3, -0.25) is 4.79 Å². The third-order valence-corrected chi connectivity index (χ3v) is 3.35. The second-order valence-corrected chi connectivity index (χ2v) is 5.86. The lowest BCUT2D eigenvalue weighted by atomic mass is 9.92. The zero-order valence-electron chi connectivity index (χ0n) is 10.9. The average molecular weight is 319 g/mol. The van der Waals surface area contributed by atoms with Crippen molar-refractivity contribution in [1.82, 2.24) is 9.47 Å². The van der Waals surface area contributed by atoms with E-state index in [4.69, 9.17) is 0 Å². The minimum Gasteiger partial charge on any atom is -0.396 e. The summed E-state index contributed by atoms with van der Waals surface area (Å²) in [5.74, 6) is -0.142. The van der Waals surface area contributed by atoms with Gasteiger partial charge in [-0.25, -0.2) is 0 Å². The molecule has 0 saturated heterocycles. The number of rotatable bonds is 5. The molecule has 0 spiro atoms. The summed E-state index contributed by atoms with van der Waals surface area (Å²) in [6.07, 6.45) is 1.80. The van der Waals surface area contributed by atoms with Crippen LogP contribution in [0.1, 0.15) is 17.4 Å². The molecule has 0 aliphatic rings. The Labute approximate surface area is 115 Å². The molecule has 0 aliphatic carbocycles. The Kier molecular flexibility index (Phi) is 4.95. The smallest absolute Gasteiger partial charge is 0.270 e. The van der Waals surface area contributed by atoms with Crippen molar-refractivity contribution in [2.45, 2.75) is 6.92 Å². The van der Waals surface area contributed by atoms with Crippen LogP contribution in [0.25, 0.3) is 0 Å². The molecule has 1 heterocycles. The molecule has 0 unspecified atom stereocenters. The molecule has 102 valence electrons. The van der Waals surface area contributed by atoms with E-state index in [2.05, 4.69) is 15.9 Å². The fraction of sp³-hybridized carbons (Fsp3) is 0.583. The number of carbonyl (C=O) groups is 1. The van der Waals surface area contributed by atoms with Crippen molar-refractivity contribution >= 4 is 21.8 Å². The number of aromatic nitrogens is 1. The molecule has 0 bridgehead atoms. The Morgan fingerprint density at radius 3 is 2.44 bits per heavy atom. The summed E-state index contributed by atoms with van der Waals surface area (Å²) in [6, 6.07) is 1.74. The van der Waals surface area contributed by atoms with Crippen molar-refractivity contribution in [3.8, 4) is 0 Å². The molecule has 0 fully saturated rings. The van der Waals surface area contributed by atoms with E-state index in [9.17, 15) is 15.0 Å². The van der Waals surface area contributed by atoms with Crippen molar-refractivity contribution in [2.75, 3.05) is 26.8 Å². The van der Waals surface area contributed by atoms with Crippen LogP contribution < -0.4 is 0 Å². The molecule has 0 aliphatic heterocycles. The van der Waals surface area contributed by atoms with Crippen LogP contribution >= 0.6 is 15.9 Å². The number of carbonyl (C=O) groups excluding carboxylic acids is 1. The SMILES string of the molecule is CN(CC(C)(CO)CO)C(=O)c1cc(Br)cn1C. The van der Waals surface area contributed by atoms with Gasteiger partial charge in [0.25, 0.3) is 5.91 Å². The molecular weight excluding hydrogens is 300 g/mol. The zero-order chi connectivity index (χ0) is 13.9. The monoisotopic (exact) mass is 318 g/mol.